The van der Waals surface area contributed by atoms with Gasteiger partial charge in [0.2, 0.25) is 0 Å². The zero-order chi connectivity index (χ0) is 14.7. The lowest BCUT2D eigenvalue weighted by atomic mass is 10.6. The van der Waals surface area contributed by atoms with Crippen LogP contribution in [-0.4, -0.2) is 79.2 Å². The summed E-state index contributed by atoms with van der Waals surface area (Å²) in [6.07, 6.45) is 0. The number of nitrogens with one attached hydrogen (secondary N) is 1. The summed E-state index contributed by atoms with van der Waals surface area (Å²) in [7, 11) is 0. The molecule has 0 aliphatic carbocycles. The third-order valence-electron chi connectivity index (χ3n) is 2.37. The highest BCUT2D eigenvalue weighted by atomic mass is 16.6. The number of hydrogen-bond acceptors (Lipinski definition) is 6. The fourth-order valence-electron chi connectivity index (χ4n) is 1.35. The highest BCUT2D eigenvalue weighted by Gasteiger charge is 1.92. The lowest BCUT2D eigenvalue weighted by Crippen LogP contribution is -2.20. The molecule has 0 saturated heterocycles. The summed E-state index contributed by atoms with van der Waals surface area (Å²) in [6, 6.07) is 0. The molecule has 0 rings (SSSR count). The van der Waals surface area contributed by atoms with Crippen LogP contribution in [0.4, 0.5) is 0 Å². The molecule has 124 valence electrons. The fraction of sp³-hybridized carbons (Fsp3) is 1.00. The Hall–Kier alpha value is -0.240. The van der Waals surface area contributed by atoms with Crippen molar-refractivity contribution in [2.24, 2.45) is 0 Å². The van der Waals surface area contributed by atoms with E-state index in [1.807, 2.05) is 6.92 Å². The molecule has 1 N–H and O–H groups in total. The van der Waals surface area contributed by atoms with Crippen molar-refractivity contribution < 1.29 is 25.1 Å². The molecule has 0 atom stereocenters. The summed E-state index contributed by atoms with van der Waals surface area (Å²) in [5.74, 6) is 0. The molecule has 0 aromatic heterocycles. The van der Waals surface area contributed by atoms with Gasteiger partial charge in [-0.25, -0.2) is 0 Å². The van der Waals surface area contributed by atoms with Crippen LogP contribution >= 0.6 is 0 Å². The summed E-state index contributed by atoms with van der Waals surface area (Å²) in [5, 5.41) is 3.19. The molecule has 0 amide bonds. The summed E-state index contributed by atoms with van der Waals surface area (Å²) >= 11 is 0. The number of rotatable bonds is 17. The topological polar surface area (TPSA) is 58.2 Å². The van der Waals surface area contributed by atoms with Gasteiger partial charge in [-0.2, -0.15) is 0 Å². The Balaban J connectivity index is 0. The molecule has 6 heteroatoms. The Morgan fingerprint density at radius 3 is 1.40 bits per heavy atom. The van der Waals surface area contributed by atoms with Crippen LogP contribution in [0.2, 0.25) is 0 Å². The largest absolute Gasteiger partial charge is 0.379 e. The maximum atomic E-state index is 5.37. The molecule has 0 aromatic carbocycles. The van der Waals surface area contributed by atoms with Gasteiger partial charge >= 0.3 is 0 Å². The Bertz CT molecular complexity index is 159. The van der Waals surface area contributed by atoms with Crippen molar-refractivity contribution in [2.75, 3.05) is 79.2 Å². The second-order valence-corrected chi connectivity index (χ2v) is 4.00. The maximum absolute atomic E-state index is 5.37. The van der Waals surface area contributed by atoms with E-state index in [0.717, 1.165) is 26.3 Å². The number of ether oxygens (including phenoxy) is 5. The lowest BCUT2D eigenvalue weighted by Gasteiger charge is -2.07. The zero-order valence-corrected chi connectivity index (χ0v) is 13.0. The van der Waals surface area contributed by atoms with Crippen LogP contribution in [0.15, 0.2) is 0 Å². The summed E-state index contributed by atoms with van der Waals surface area (Å²) < 4.78 is 26.6. The predicted octanol–water partition coefficient (Wildman–Crippen LogP) is 0.945. The van der Waals surface area contributed by atoms with Gasteiger partial charge in [-0.15, -0.1) is 0 Å². The molecular formula is C14H33NO5. The van der Waals surface area contributed by atoms with Crippen LogP contribution < -0.4 is 5.32 Å². The predicted molar refractivity (Wildman–Crippen MR) is 80.4 cm³/mol. The van der Waals surface area contributed by atoms with Crippen LogP contribution in [0.5, 0.6) is 0 Å². The smallest absolute Gasteiger partial charge is 0.0701 e. The number of likely N-dealkylation sites (N-methyl/N-ethyl adjacent to an activating group) is 1. The van der Waals surface area contributed by atoms with E-state index in [4.69, 9.17) is 23.7 Å². The number of hydrogen-bond donors (Lipinski definition) is 1. The second-order valence-electron chi connectivity index (χ2n) is 4.00. The SMILES string of the molecule is CCNCCOCCOCCOCCOCCOCC.[HH]. The maximum Gasteiger partial charge on any atom is 0.0701 e. The van der Waals surface area contributed by atoms with Crippen LogP contribution in [0.25, 0.3) is 0 Å². The van der Waals surface area contributed by atoms with Gasteiger partial charge in [-0.3, -0.25) is 0 Å². The van der Waals surface area contributed by atoms with Gasteiger partial charge in [0.25, 0.3) is 0 Å². The summed E-state index contributed by atoms with van der Waals surface area (Å²) in [5.41, 5.74) is 0. The minimum Gasteiger partial charge on any atom is -0.379 e. The highest BCUT2D eigenvalue weighted by molar-refractivity contribution is 4.40. The second kappa shape index (κ2) is 18.8. The first-order chi connectivity index (χ1) is 9.91. The van der Waals surface area contributed by atoms with E-state index < -0.39 is 0 Å². The van der Waals surface area contributed by atoms with Gasteiger partial charge < -0.3 is 29.0 Å². The van der Waals surface area contributed by atoms with Crippen LogP contribution in [-0.2, 0) is 23.7 Å². The molecule has 0 spiro atoms. The Kier molecular flexibility index (Phi) is 18.5. The average Bonchev–Trinajstić information content (AvgIpc) is 2.47. The van der Waals surface area contributed by atoms with Gasteiger partial charge in [-0.1, -0.05) is 6.92 Å². The first-order valence-corrected chi connectivity index (χ1v) is 7.51. The first-order valence-electron chi connectivity index (χ1n) is 7.51. The molecule has 0 radical (unpaired) electrons. The third kappa shape index (κ3) is 17.8. The van der Waals surface area contributed by atoms with E-state index in [9.17, 15) is 0 Å². The minimum absolute atomic E-state index is 0. The Morgan fingerprint density at radius 1 is 0.600 bits per heavy atom. The lowest BCUT2D eigenvalue weighted by molar-refractivity contribution is -0.00993. The monoisotopic (exact) mass is 295 g/mol. The molecule has 0 fully saturated rings. The van der Waals surface area contributed by atoms with E-state index in [1.165, 1.54) is 0 Å². The molecule has 0 saturated carbocycles. The molecule has 0 aliphatic heterocycles. The van der Waals surface area contributed by atoms with Crippen LogP contribution in [0.3, 0.4) is 0 Å². The highest BCUT2D eigenvalue weighted by Crippen LogP contribution is 1.83. The van der Waals surface area contributed by atoms with Crippen molar-refractivity contribution in [3.05, 3.63) is 0 Å². The van der Waals surface area contributed by atoms with Crippen molar-refractivity contribution in [3.63, 3.8) is 0 Å². The van der Waals surface area contributed by atoms with Crippen molar-refractivity contribution in [3.8, 4) is 0 Å². The van der Waals surface area contributed by atoms with Crippen LogP contribution in [0, 0.1) is 0 Å². The van der Waals surface area contributed by atoms with Gasteiger partial charge in [0.05, 0.1) is 59.5 Å². The van der Waals surface area contributed by atoms with Crippen LogP contribution in [0.1, 0.15) is 15.3 Å². The van der Waals surface area contributed by atoms with Gasteiger partial charge in [0.15, 0.2) is 0 Å². The van der Waals surface area contributed by atoms with Gasteiger partial charge in [0.1, 0.15) is 0 Å². The van der Waals surface area contributed by atoms with Gasteiger partial charge in [0, 0.05) is 14.6 Å². The van der Waals surface area contributed by atoms with E-state index >= 15 is 0 Å². The molecule has 0 heterocycles. The van der Waals surface area contributed by atoms with Crippen molar-refractivity contribution >= 4 is 0 Å². The fourth-order valence-corrected chi connectivity index (χ4v) is 1.35. The quantitative estimate of drug-likeness (QED) is 0.403. The average molecular weight is 295 g/mol. The van der Waals surface area contributed by atoms with E-state index in [1.54, 1.807) is 0 Å². The minimum atomic E-state index is 0. The standard InChI is InChI=1S/C14H31NO5.H2/c1-3-15-5-6-17-9-10-19-13-14-20-12-11-18-8-7-16-4-2;/h15H,3-14H2,1-2H3;1H. The molecule has 20 heavy (non-hydrogen) atoms. The molecule has 0 aliphatic rings. The third-order valence-corrected chi connectivity index (χ3v) is 2.37. The first kappa shape index (κ1) is 19.8. The van der Waals surface area contributed by atoms with Crippen molar-refractivity contribution in [1.82, 2.24) is 5.32 Å². The summed E-state index contributed by atoms with van der Waals surface area (Å²) in [6.45, 7) is 12.3. The molecule has 0 unspecified atom stereocenters. The molecule has 6 nitrogen and oxygen atoms in total. The van der Waals surface area contributed by atoms with E-state index in [2.05, 4.69) is 12.2 Å². The van der Waals surface area contributed by atoms with E-state index in [-0.39, 0.29) is 1.43 Å². The Morgan fingerprint density at radius 2 is 1.00 bits per heavy atom. The normalized spacial score (nSPS) is 11.1. The summed E-state index contributed by atoms with van der Waals surface area (Å²) in [4.78, 5) is 0. The molecular weight excluding hydrogens is 262 g/mol. The molecule has 0 bridgehead atoms. The van der Waals surface area contributed by atoms with Gasteiger partial charge in [-0.05, 0) is 13.5 Å². The zero-order valence-electron chi connectivity index (χ0n) is 13.0. The molecule has 0 aromatic rings. The van der Waals surface area contributed by atoms with Crippen molar-refractivity contribution in [2.45, 2.75) is 13.8 Å². The Labute approximate surface area is 124 Å². The van der Waals surface area contributed by atoms with Crippen molar-refractivity contribution in [1.29, 1.82) is 0 Å². The van der Waals surface area contributed by atoms with E-state index in [0.29, 0.717) is 52.9 Å².